The first-order chi connectivity index (χ1) is 7.60. The van der Waals surface area contributed by atoms with Gasteiger partial charge in [0.05, 0.1) is 5.88 Å². The molecule has 0 spiro atoms. The van der Waals surface area contributed by atoms with Gasteiger partial charge in [0.1, 0.15) is 5.82 Å². The fraction of sp³-hybridized carbons (Fsp3) is 0.583. The van der Waals surface area contributed by atoms with Crippen LogP contribution in [0.15, 0.2) is 16.7 Å². The third-order valence-electron chi connectivity index (χ3n) is 2.76. The lowest BCUT2D eigenvalue weighted by Crippen LogP contribution is -2.30. The number of pyridine rings is 1. The van der Waals surface area contributed by atoms with Gasteiger partial charge in [-0.2, -0.15) is 0 Å². The van der Waals surface area contributed by atoms with Crippen molar-refractivity contribution in [3.63, 3.8) is 0 Å². The average Bonchev–Trinajstić information content (AvgIpc) is 2.28. The second-order valence-corrected chi connectivity index (χ2v) is 5.20. The van der Waals surface area contributed by atoms with Gasteiger partial charge in [0.2, 0.25) is 0 Å². The van der Waals surface area contributed by atoms with Gasteiger partial charge in [-0.15, -0.1) is 11.6 Å². The summed E-state index contributed by atoms with van der Waals surface area (Å²) in [6.07, 6.45) is 4.16. The molecule has 0 N–H and O–H groups in total. The van der Waals surface area contributed by atoms with E-state index in [0.29, 0.717) is 11.9 Å². The zero-order chi connectivity index (χ0) is 12.1. The second-order valence-electron chi connectivity index (χ2n) is 4.02. The van der Waals surface area contributed by atoms with Crippen LogP contribution >= 0.6 is 27.5 Å². The Hall–Kier alpha value is -0.280. The Balaban J connectivity index is 2.93. The van der Waals surface area contributed by atoms with Crippen LogP contribution in [-0.4, -0.2) is 18.1 Å². The first-order valence-corrected chi connectivity index (χ1v) is 6.86. The quantitative estimate of drug-likeness (QED) is 0.758. The molecule has 0 aliphatic carbocycles. The molecular weight excluding hydrogens is 288 g/mol. The average molecular weight is 306 g/mol. The Bertz CT molecular complexity index is 344. The van der Waals surface area contributed by atoms with Crippen molar-refractivity contribution < 1.29 is 0 Å². The molecule has 0 aliphatic rings. The molecule has 0 amide bonds. The van der Waals surface area contributed by atoms with Gasteiger partial charge >= 0.3 is 0 Å². The molecule has 1 aromatic rings. The maximum Gasteiger partial charge on any atom is 0.132 e. The molecule has 2 nitrogen and oxygen atoms in total. The predicted octanol–water partition coefficient (Wildman–Crippen LogP) is 4.21. The lowest BCUT2D eigenvalue weighted by Gasteiger charge is -2.27. The van der Waals surface area contributed by atoms with Gasteiger partial charge < -0.3 is 4.90 Å². The summed E-state index contributed by atoms with van der Waals surface area (Å²) in [5.41, 5.74) is 1.07. The predicted molar refractivity (Wildman–Crippen MR) is 74.3 cm³/mol. The Morgan fingerprint density at radius 1 is 1.56 bits per heavy atom. The van der Waals surface area contributed by atoms with Crippen LogP contribution in [0.5, 0.6) is 0 Å². The Kier molecular flexibility index (Phi) is 5.56. The fourth-order valence-electron chi connectivity index (χ4n) is 1.71. The minimum absolute atomic E-state index is 0.487. The van der Waals surface area contributed by atoms with E-state index < -0.39 is 0 Å². The van der Waals surface area contributed by atoms with Gasteiger partial charge in [-0.05, 0) is 35.3 Å². The first-order valence-electron chi connectivity index (χ1n) is 5.53. The molecule has 0 radical (unpaired) electrons. The molecule has 0 aliphatic heterocycles. The molecule has 0 aromatic carbocycles. The summed E-state index contributed by atoms with van der Waals surface area (Å²) < 4.78 is 0.975. The summed E-state index contributed by atoms with van der Waals surface area (Å²) in [5, 5.41) is 0. The number of anilines is 1. The number of aromatic nitrogens is 1. The van der Waals surface area contributed by atoms with E-state index >= 15 is 0 Å². The molecule has 1 unspecified atom stereocenters. The van der Waals surface area contributed by atoms with Crippen molar-refractivity contribution >= 4 is 33.3 Å². The fourth-order valence-corrected chi connectivity index (χ4v) is 2.29. The molecule has 4 heteroatoms. The number of hydrogen-bond acceptors (Lipinski definition) is 2. The number of halogens is 2. The summed E-state index contributed by atoms with van der Waals surface area (Å²) in [7, 11) is 2.08. The van der Waals surface area contributed by atoms with Gasteiger partial charge in [0, 0.05) is 29.3 Å². The lowest BCUT2D eigenvalue weighted by atomic mass is 10.1. The Morgan fingerprint density at radius 3 is 2.81 bits per heavy atom. The molecule has 0 fully saturated rings. The van der Waals surface area contributed by atoms with Crippen LogP contribution < -0.4 is 4.90 Å². The summed E-state index contributed by atoms with van der Waals surface area (Å²) in [6.45, 7) is 4.41. The lowest BCUT2D eigenvalue weighted by molar-refractivity contribution is 0.610. The highest BCUT2D eigenvalue weighted by Gasteiger charge is 2.14. The zero-order valence-electron chi connectivity index (χ0n) is 10.0. The molecule has 90 valence electrons. The van der Waals surface area contributed by atoms with Crippen LogP contribution in [0.1, 0.15) is 32.3 Å². The van der Waals surface area contributed by atoms with Gasteiger partial charge in [-0.1, -0.05) is 13.3 Å². The second kappa shape index (κ2) is 6.45. The van der Waals surface area contributed by atoms with E-state index in [1.165, 1.54) is 6.42 Å². The van der Waals surface area contributed by atoms with Gasteiger partial charge in [-0.25, -0.2) is 4.98 Å². The highest BCUT2D eigenvalue weighted by atomic mass is 79.9. The summed E-state index contributed by atoms with van der Waals surface area (Å²) in [4.78, 5) is 6.65. The van der Waals surface area contributed by atoms with E-state index in [1.807, 2.05) is 12.3 Å². The van der Waals surface area contributed by atoms with Crippen molar-refractivity contribution in [2.24, 2.45) is 0 Å². The third-order valence-corrected chi connectivity index (χ3v) is 3.48. The minimum atomic E-state index is 0.487. The highest BCUT2D eigenvalue weighted by molar-refractivity contribution is 9.10. The molecule has 16 heavy (non-hydrogen) atoms. The largest absolute Gasteiger partial charge is 0.357 e. The van der Waals surface area contributed by atoms with E-state index in [9.17, 15) is 0 Å². The van der Waals surface area contributed by atoms with Crippen LogP contribution in [0.2, 0.25) is 0 Å². The van der Waals surface area contributed by atoms with Gasteiger partial charge in [0.15, 0.2) is 0 Å². The third kappa shape index (κ3) is 3.36. The van der Waals surface area contributed by atoms with E-state index in [4.69, 9.17) is 11.6 Å². The molecule has 0 saturated carbocycles. The maximum absolute atomic E-state index is 5.94. The van der Waals surface area contributed by atoms with Crippen molar-refractivity contribution in [3.05, 3.63) is 22.3 Å². The maximum atomic E-state index is 5.94. The van der Waals surface area contributed by atoms with Gasteiger partial charge in [-0.3, -0.25) is 0 Å². The van der Waals surface area contributed by atoms with Gasteiger partial charge in [0.25, 0.3) is 0 Å². The SMILES string of the molecule is CCCC(C)N(C)c1ncc(Br)cc1CCl. The van der Waals surface area contributed by atoms with Crippen molar-refractivity contribution in [3.8, 4) is 0 Å². The van der Waals surface area contributed by atoms with E-state index in [-0.39, 0.29) is 0 Å². The van der Waals surface area contributed by atoms with Crippen LogP contribution in [0.3, 0.4) is 0 Å². The number of rotatable bonds is 5. The Morgan fingerprint density at radius 2 is 2.25 bits per heavy atom. The number of hydrogen-bond donors (Lipinski definition) is 0. The molecule has 0 bridgehead atoms. The molecule has 1 rings (SSSR count). The highest BCUT2D eigenvalue weighted by Crippen LogP contribution is 2.24. The summed E-state index contributed by atoms with van der Waals surface area (Å²) in [5.74, 6) is 1.48. The summed E-state index contributed by atoms with van der Waals surface area (Å²) >= 11 is 9.36. The molecule has 1 heterocycles. The number of alkyl halides is 1. The van der Waals surface area contributed by atoms with Crippen LogP contribution in [0.4, 0.5) is 5.82 Å². The monoisotopic (exact) mass is 304 g/mol. The van der Waals surface area contributed by atoms with Crippen LogP contribution in [0.25, 0.3) is 0 Å². The standard InChI is InChI=1S/C12H18BrClN2/c1-4-5-9(2)16(3)12-10(7-14)6-11(13)8-15-12/h6,8-9H,4-5,7H2,1-3H3. The van der Waals surface area contributed by atoms with E-state index in [2.05, 4.69) is 46.7 Å². The molecule has 0 saturated heterocycles. The van der Waals surface area contributed by atoms with Crippen molar-refractivity contribution in [2.75, 3.05) is 11.9 Å². The number of nitrogens with zero attached hydrogens (tertiary/aromatic N) is 2. The van der Waals surface area contributed by atoms with Crippen LogP contribution in [0, 0.1) is 0 Å². The van der Waals surface area contributed by atoms with Crippen LogP contribution in [-0.2, 0) is 5.88 Å². The molecular formula is C12H18BrClN2. The zero-order valence-corrected chi connectivity index (χ0v) is 12.3. The van der Waals surface area contributed by atoms with Crippen molar-refractivity contribution in [1.82, 2.24) is 4.98 Å². The normalized spacial score (nSPS) is 12.6. The molecule has 1 atom stereocenters. The van der Waals surface area contributed by atoms with Crippen molar-refractivity contribution in [1.29, 1.82) is 0 Å². The van der Waals surface area contributed by atoms with Crippen molar-refractivity contribution in [2.45, 2.75) is 38.6 Å². The topological polar surface area (TPSA) is 16.1 Å². The minimum Gasteiger partial charge on any atom is -0.357 e. The van der Waals surface area contributed by atoms with E-state index in [0.717, 1.165) is 22.3 Å². The summed E-state index contributed by atoms with van der Waals surface area (Å²) in [6, 6.07) is 2.52. The molecule has 1 aromatic heterocycles. The Labute approximate surface area is 111 Å². The first kappa shape index (κ1) is 13.8. The smallest absolute Gasteiger partial charge is 0.132 e. The van der Waals surface area contributed by atoms with E-state index in [1.54, 1.807) is 0 Å².